The zero-order valence-corrected chi connectivity index (χ0v) is 21.8. The number of nitrogens with one attached hydrogen (secondary N) is 3. The molecule has 5 rings (SSSR count). The molecule has 1 aliphatic rings. The van der Waals surface area contributed by atoms with E-state index in [4.69, 9.17) is 10.2 Å². The van der Waals surface area contributed by atoms with Crippen LogP contribution in [0.1, 0.15) is 49.6 Å². The second kappa shape index (κ2) is 11.3. The number of carbonyl (C=O) groups is 2. The number of benzene rings is 3. The van der Waals surface area contributed by atoms with E-state index in [1.165, 1.54) is 11.3 Å². The molecular formula is C30H27N5O2S. The van der Waals surface area contributed by atoms with Gasteiger partial charge in [0.25, 0.3) is 11.8 Å². The molecular weight excluding hydrogens is 494 g/mol. The molecule has 8 heteroatoms. The normalized spacial score (nSPS) is 12.4. The van der Waals surface area contributed by atoms with E-state index in [0.717, 1.165) is 40.8 Å². The zero-order chi connectivity index (χ0) is 26.5. The predicted octanol–water partition coefficient (Wildman–Crippen LogP) is 5.75. The molecule has 190 valence electrons. The molecule has 0 saturated heterocycles. The van der Waals surface area contributed by atoms with Gasteiger partial charge in [-0.3, -0.25) is 9.59 Å². The molecule has 1 aliphatic carbocycles. The summed E-state index contributed by atoms with van der Waals surface area (Å²) in [5.41, 5.74) is 5.55. The molecule has 1 heterocycles. The molecule has 1 fully saturated rings. The Morgan fingerprint density at radius 2 is 1.76 bits per heavy atom. The lowest BCUT2D eigenvalue weighted by atomic mass is 10.1. The standard InChI is InChI=1S/C30H27N5O2S/c1-19-7-10-23(28(36)33-24-13-14-24)17-25(19)34-30-35-26(22-11-8-20(9-12-22)15-16-31)27(38-30)29(37)32-18-21-5-3-2-4-6-21/h2-12,17,24H,13-15,18H2,1H3,(H,32,37)(H,33,36)(H,34,35). The Balaban J connectivity index is 1.43. The lowest BCUT2D eigenvalue weighted by Crippen LogP contribution is -2.25. The Morgan fingerprint density at radius 1 is 1.00 bits per heavy atom. The highest BCUT2D eigenvalue weighted by atomic mass is 32.1. The first-order valence-electron chi connectivity index (χ1n) is 12.5. The molecule has 0 aliphatic heterocycles. The van der Waals surface area contributed by atoms with Crippen LogP contribution in [-0.4, -0.2) is 22.8 Å². The van der Waals surface area contributed by atoms with Crippen molar-refractivity contribution >= 4 is 34.0 Å². The number of amides is 2. The fourth-order valence-corrected chi connectivity index (χ4v) is 4.88. The highest BCUT2D eigenvalue weighted by Crippen LogP contribution is 2.34. The average Bonchev–Trinajstić information content (AvgIpc) is 3.65. The summed E-state index contributed by atoms with van der Waals surface area (Å²) in [4.78, 5) is 31.1. The number of aryl methyl sites for hydroxylation is 1. The van der Waals surface area contributed by atoms with Crippen LogP contribution < -0.4 is 16.0 Å². The van der Waals surface area contributed by atoms with E-state index in [0.29, 0.717) is 34.2 Å². The van der Waals surface area contributed by atoms with Gasteiger partial charge >= 0.3 is 0 Å². The Morgan fingerprint density at radius 3 is 2.47 bits per heavy atom. The van der Waals surface area contributed by atoms with Gasteiger partial charge in [-0.05, 0) is 48.6 Å². The van der Waals surface area contributed by atoms with Crippen LogP contribution >= 0.6 is 11.3 Å². The summed E-state index contributed by atoms with van der Waals surface area (Å²) in [6.07, 6.45) is 2.37. The first-order chi connectivity index (χ1) is 18.5. The number of hydrogen-bond donors (Lipinski definition) is 3. The fraction of sp³-hybridized carbons (Fsp3) is 0.200. The van der Waals surface area contributed by atoms with Gasteiger partial charge in [-0.1, -0.05) is 72.0 Å². The van der Waals surface area contributed by atoms with Crippen LogP contribution in [0.4, 0.5) is 10.8 Å². The van der Waals surface area contributed by atoms with Crippen LogP contribution in [0.5, 0.6) is 0 Å². The van der Waals surface area contributed by atoms with Crippen LogP contribution in [0.3, 0.4) is 0 Å². The third-order valence-corrected chi connectivity index (χ3v) is 7.26. The topological polar surface area (TPSA) is 107 Å². The first-order valence-corrected chi connectivity index (χ1v) is 13.3. The van der Waals surface area contributed by atoms with Crippen molar-refractivity contribution in [2.24, 2.45) is 0 Å². The van der Waals surface area contributed by atoms with Crippen molar-refractivity contribution in [2.45, 2.75) is 38.8 Å². The van der Waals surface area contributed by atoms with E-state index >= 15 is 0 Å². The highest BCUT2D eigenvalue weighted by molar-refractivity contribution is 7.18. The maximum Gasteiger partial charge on any atom is 0.264 e. The molecule has 7 nitrogen and oxygen atoms in total. The van der Waals surface area contributed by atoms with Crippen molar-refractivity contribution in [3.63, 3.8) is 0 Å². The summed E-state index contributed by atoms with van der Waals surface area (Å²) < 4.78 is 0. The monoisotopic (exact) mass is 521 g/mol. The second-order valence-corrected chi connectivity index (χ2v) is 10.3. The SMILES string of the molecule is Cc1ccc(C(=O)NC2CC2)cc1Nc1nc(-c2ccc(CC#N)cc2)c(C(=O)NCc2ccccc2)s1. The van der Waals surface area contributed by atoms with Crippen molar-refractivity contribution in [3.05, 3.63) is 99.9 Å². The number of nitriles is 1. The van der Waals surface area contributed by atoms with Gasteiger partial charge in [-0.25, -0.2) is 4.98 Å². The minimum absolute atomic E-state index is 0.0891. The van der Waals surface area contributed by atoms with E-state index < -0.39 is 0 Å². The van der Waals surface area contributed by atoms with Gasteiger partial charge in [0, 0.05) is 29.4 Å². The Labute approximate surface area is 225 Å². The maximum absolute atomic E-state index is 13.3. The second-order valence-electron chi connectivity index (χ2n) is 9.30. The van der Waals surface area contributed by atoms with Gasteiger partial charge in [-0.15, -0.1) is 0 Å². The predicted molar refractivity (Wildman–Crippen MR) is 149 cm³/mol. The number of aromatic nitrogens is 1. The summed E-state index contributed by atoms with van der Waals surface area (Å²) in [5, 5.41) is 18.9. The number of anilines is 2. The minimum Gasteiger partial charge on any atom is -0.349 e. The molecule has 1 aromatic heterocycles. The number of nitrogens with zero attached hydrogens (tertiary/aromatic N) is 2. The molecule has 0 atom stereocenters. The zero-order valence-electron chi connectivity index (χ0n) is 21.0. The smallest absolute Gasteiger partial charge is 0.264 e. The molecule has 0 bridgehead atoms. The Bertz CT molecular complexity index is 1500. The number of thiazole rings is 1. The van der Waals surface area contributed by atoms with Crippen LogP contribution in [0, 0.1) is 18.3 Å². The molecule has 38 heavy (non-hydrogen) atoms. The number of hydrogen-bond acceptors (Lipinski definition) is 6. The minimum atomic E-state index is -0.218. The molecule has 3 N–H and O–H groups in total. The average molecular weight is 522 g/mol. The Kier molecular flexibility index (Phi) is 7.47. The van der Waals surface area contributed by atoms with Gasteiger partial charge in [0.05, 0.1) is 18.2 Å². The molecule has 0 spiro atoms. The quantitative estimate of drug-likeness (QED) is 0.260. The molecule has 1 saturated carbocycles. The molecule has 0 radical (unpaired) electrons. The van der Waals surface area contributed by atoms with E-state index in [1.807, 2.05) is 79.7 Å². The van der Waals surface area contributed by atoms with E-state index in [2.05, 4.69) is 22.0 Å². The van der Waals surface area contributed by atoms with Crippen molar-refractivity contribution in [2.75, 3.05) is 5.32 Å². The molecule has 4 aromatic rings. The maximum atomic E-state index is 13.3. The van der Waals surface area contributed by atoms with Crippen LogP contribution in [0.25, 0.3) is 11.3 Å². The van der Waals surface area contributed by atoms with Gasteiger partial charge in [0.15, 0.2) is 5.13 Å². The fourth-order valence-electron chi connectivity index (χ4n) is 3.96. The van der Waals surface area contributed by atoms with Gasteiger partial charge in [0.1, 0.15) is 4.88 Å². The third-order valence-electron chi connectivity index (χ3n) is 6.29. The van der Waals surface area contributed by atoms with Crippen molar-refractivity contribution in [1.29, 1.82) is 5.26 Å². The van der Waals surface area contributed by atoms with Crippen LogP contribution in [0.2, 0.25) is 0 Å². The number of rotatable bonds is 9. The summed E-state index contributed by atoms with van der Waals surface area (Å²) in [7, 11) is 0. The number of carbonyl (C=O) groups excluding carboxylic acids is 2. The van der Waals surface area contributed by atoms with E-state index in [9.17, 15) is 9.59 Å². The lowest BCUT2D eigenvalue weighted by Gasteiger charge is -2.10. The van der Waals surface area contributed by atoms with Crippen molar-refractivity contribution in [3.8, 4) is 17.3 Å². The summed E-state index contributed by atoms with van der Waals surface area (Å²) in [6.45, 7) is 2.36. The lowest BCUT2D eigenvalue weighted by molar-refractivity contribution is 0.0944. The van der Waals surface area contributed by atoms with Gasteiger partial charge in [-0.2, -0.15) is 5.26 Å². The molecule has 0 unspecified atom stereocenters. The highest BCUT2D eigenvalue weighted by Gasteiger charge is 2.24. The third kappa shape index (κ3) is 6.07. The van der Waals surface area contributed by atoms with E-state index in [1.54, 1.807) is 0 Å². The van der Waals surface area contributed by atoms with Crippen molar-refractivity contribution in [1.82, 2.24) is 15.6 Å². The van der Waals surface area contributed by atoms with Gasteiger partial charge < -0.3 is 16.0 Å². The molecule has 2 amide bonds. The van der Waals surface area contributed by atoms with Crippen LogP contribution in [0.15, 0.2) is 72.8 Å². The largest absolute Gasteiger partial charge is 0.349 e. The summed E-state index contributed by atoms with van der Waals surface area (Å²) in [5.74, 6) is -0.307. The Hall–Kier alpha value is -4.48. The first kappa shape index (κ1) is 25.2. The van der Waals surface area contributed by atoms with Gasteiger partial charge in [0.2, 0.25) is 0 Å². The summed E-state index contributed by atoms with van der Waals surface area (Å²) >= 11 is 1.26. The van der Waals surface area contributed by atoms with Crippen molar-refractivity contribution < 1.29 is 9.59 Å². The summed E-state index contributed by atoms with van der Waals surface area (Å²) in [6, 6.07) is 25.2. The van der Waals surface area contributed by atoms with Crippen LogP contribution in [-0.2, 0) is 13.0 Å². The molecule has 3 aromatic carbocycles. The van der Waals surface area contributed by atoms with E-state index in [-0.39, 0.29) is 17.9 Å².